The Bertz CT molecular complexity index is 1210. The second-order valence-corrected chi connectivity index (χ2v) is 10.5. The zero-order chi connectivity index (χ0) is 26.8. The lowest BCUT2D eigenvalue weighted by Crippen LogP contribution is -2.44. The third kappa shape index (κ3) is 6.03. The normalized spacial score (nSPS) is 12.7. The number of aromatic nitrogens is 2. The number of nitrogens with zero attached hydrogens (tertiary/aromatic N) is 2. The molecule has 1 unspecified atom stereocenters. The van der Waals surface area contributed by atoms with E-state index < -0.39 is 5.60 Å². The molecular weight excluding hydrogens is 468 g/mol. The molecule has 0 bridgehead atoms. The van der Waals surface area contributed by atoms with Gasteiger partial charge in [0.1, 0.15) is 5.60 Å². The predicted octanol–water partition coefficient (Wildman–Crippen LogP) is 7.62. The summed E-state index contributed by atoms with van der Waals surface area (Å²) in [5, 5.41) is 12.7. The van der Waals surface area contributed by atoms with Gasteiger partial charge in [0.05, 0.1) is 19.6 Å². The van der Waals surface area contributed by atoms with E-state index in [-0.39, 0.29) is 5.92 Å². The van der Waals surface area contributed by atoms with Gasteiger partial charge in [0.2, 0.25) is 0 Å². The van der Waals surface area contributed by atoms with Crippen LogP contribution < -0.4 is 4.57 Å². The maximum Gasteiger partial charge on any atom is 0.265 e. The molecule has 0 amide bonds. The van der Waals surface area contributed by atoms with Crippen LogP contribution >= 0.6 is 0 Å². The van der Waals surface area contributed by atoms with Crippen molar-refractivity contribution in [3.63, 3.8) is 0 Å². The van der Waals surface area contributed by atoms with Crippen LogP contribution in [0.2, 0.25) is 0 Å². The molecule has 4 heteroatoms. The van der Waals surface area contributed by atoms with Crippen LogP contribution in [0, 0.1) is 0 Å². The van der Waals surface area contributed by atoms with Gasteiger partial charge < -0.3 is 9.84 Å². The molecule has 0 saturated carbocycles. The Morgan fingerprint density at radius 2 is 1.32 bits per heavy atom. The fourth-order valence-corrected chi connectivity index (χ4v) is 5.90. The van der Waals surface area contributed by atoms with Crippen molar-refractivity contribution in [2.75, 3.05) is 6.61 Å². The van der Waals surface area contributed by atoms with Gasteiger partial charge in [-0.3, -0.25) is 0 Å². The first kappa shape index (κ1) is 28.1. The van der Waals surface area contributed by atoms with Crippen LogP contribution in [0.4, 0.5) is 0 Å². The van der Waals surface area contributed by atoms with Crippen LogP contribution in [0.5, 0.6) is 0 Å². The van der Waals surface area contributed by atoms with E-state index in [9.17, 15) is 5.11 Å². The van der Waals surface area contributed by atoms with Crippen molar-refractivity contribution in [3.8, 4) is 0 Å². The molecule has 202 valence electrons. The second-order valence-electron chi connectivity index (χ2n) is 10.5. The molecule has 0 saturated heterocycles. The van der Waals surface area contributed by atoms with Crippen LogP contribution in [0.3, 0.4) is 0 Å². The van der Waals surface area contributed by atoms with Crippen molar-refractivity contribution >= 4 is 11.0 Å². The molecule has 0 spiro atoms. The Morgan fingerprint density at radius 3 is 1.92 bits per heavy atom. The topological polar surface area (TPSA) is 38.3 Å². The molecule has 4 nitrogen and oxygen atoms in total. The van der Waals surface area contributed by atoms with E-state index >= 15 is 0 Å². The molecule has 4 rings (SSSR count). The number of aliphatic hydroxyl groups is 1. The highest BCUT2D eigenvalue weighted by molar-refractivity contribution is 5.72. The molecule has 0 aliphatic rings. The molecular formula is C34H45N2O2+. The van der Waals surface area contributed by atoms with Gasteiger partial charge in [-0.2, -0.15) is 0 Å². The van der Waals surface area contributed by atoms with Crippen LogP contribution in [0.1, 0.15) is 88.1 Å². The molecule has 1 aromatic heterocycles. The Kier molecular flexibility index (Phi) is 10.1. The third-order valence-electron chi connectivity index (χ3n) is 7.92. The average molecular weight is 514 g/mol. The van der Waals surface area contributed by atoms with Crippen LogP contribution in [-0.4, -0.2) is 16.3 Å². The summed E-state index contributed by atoms with van der Waals surface area (Å²) in [6.45, 7) is 5.66. The molecule has 0 radical (unpaired) electrons. The molecule has 3 aromatic carbocycles. The maximum absolute atomic E-state index is 12.7. The maximum atomic E-state index is 12.7. The lowest BCUT2D eigenvalue weighted by atomic mass is 9.74. The standard InChI is InChI=1S/C34H45N2O2/c1-4-6-7-8-9-10-19-26-38-27-36-32-25-18-17-24-31(32)35(3)33(36)30(5-2)34(37,28-20-13-11-14-21-28)29-22-15-12-16-23-29/h11-18,20-25,30,37H,4-10,19,26-27H2,1-3H3/q+1. The van der Waals surface area contributed by atoms with Gasteiger partial charge in [-0.05, 0) is 36.1 Å². The number of unbranched alkanes of at least 4 members (excludes halogenated alkanes) is 6. The minimum atomic E-state index is -1.19. The quantitative estimate of drug-likeness (QED) is 0.131. The smallest absolute Gasteiger partial charge is 0.265 e. The summed E-state index contributed by atoms with van der Waals surface area (Å²) in [5.41, 5.74) is 2.88. The number of ether oxygens (including phenoxy) is 1. The molecule has 1 heterocycles. The van der Waals surface area contributed by atoms with E-state index in [4.69, 9.17) is 4.74 Å². The van der Waals surface area contributed by atoms with Gasteiger partial charge in [-0.15, -0.1) is 0 Å². The second kappa shape index (κ2) is 13.7. The number of imidazole rings is 1. The zero-order valence-electron chi connectivity index (χ0n) is 23.5. The first-order valence-corrected chi connectivity index (χ1v) is 14.5. The Balaban J connectivity index is 1.66. The van der Waals surface area contributed by atoms with Crippen molar-refractivity contribution in [1.82, 2.24) is 4.57 Å². The lowest BCUT2D eigenvalue weighted by molar-refractivity contribution is -0.656. The van der Waals surface area contributed by atoms with Gasteiger partial charge in [-0.1, -0.05) is 125 Å². The highest BCUT2D eigenvalue weighted by Crippen LogP contribution is 2.44. The SMILES string of the molecule is CCCCCCCCCOCn1c(C(CC)C(O)(c2ccccc2)c2ccccc2)[n+](C)c2ccccc21. The summed E-state index contributed by atoms with van der Waals surface area (Å²) in [6.07, 6.45) is 9.65. The summed E-state index contributed by atoms with van der Waals surface area (Å²) in [4.78, 5) is 0. The minimum absolute atomic E-state index is 0.188. The summed E-state index contributed by atoms with van der Waals surface area (Å²) < 4.78 is 10.8. The number of fused-ring (bicyclic) bond motifs is 1. The van der Waals surface area contributed by atoms with Crippen molar-refractivity contribution in [3.05, 3.63) is 102 Å². The van der Waals surface area contributed by atoms with E-state index in [1.807, 2.05) is 60.7 Å². The van der Waals surface area contributed by atoms with E-state index in [1.165, 1.54) is 38.5 Å². The minimum Gasteiger partial charge on any atom is -0.379 e. The number of benzene rings is 3. The number of hydrogen-bond acceptors (Lipinski definition) is 2. The van der Waals surface area contributed by atoms with E-state index in [0.29, 0.717) is 6.73 Å². The molecule has 0 aliphatic carbocycles. The first-order chi connectivity index (χ1) is 18.6. The molecule has 0 fully saturated rings. The summed E-state index contributed by atoms with van der Waals surface area (Å²) in [7, 11) is 2.11. The van der Waals surface area contributed by atoms with Gasteiger partial charge in [0, 0.05) is 0 Å². The molecule has 4 aromatic rings. The number of para-hydroxylation sites is 2. The Morgan fingerprint density at radius 1 is 0.763 bits per heavy atom. The fraction of sp³-hybridized carbons (Fsp3) is 0.441. The fourth-order valence-electron chi connectivity index (χ4n) is 5.90. The Labute approximate surface area is 228 Å². The van der Waals surface area contributed by atoms with Crippen molar-refractivity contribution < 1.29 is 14.4 Å². The number of aryl methyl sites for hydroxylation is 1. The molecule has 1 atom stereocenters. The van der Waals surface area contributed by atoms with Crippen LogP contribution in [0.25, 0.3) is 11.0 Å². The van der Waals surface area contributed by atoms with Crippen molar-refractivity contribution in [2.24, 2.45) is 7.05 Å². The lowest BCUT2D eigenvalue weighted by Gasteiger charge is -2.35. The Hall–Kier alpha value is -2.95. The average Bonchev–Trinajstić information content (AvgIpc) is 3.24. The third-order valence-corrected chi connectivity index (χ3v) is 7.92. The first-order valence-electron chi connectivity index (χ1n) is 14.5. The number of hydrogen-bond donors (Lipinski definition) is 1. The highest BCUT2D eigenvalue weighted by Gasteiger charge is 2.46. The monoisotopic (exact) mass is 513 g/mol. The van der Waals surface area contributed by atoms with E-state index in [1.54, 1.807) is 0 Å². The van der Waals surface area contributed by atoms with Gasteiger partial charge in [0.25, 0.3) is 5.82 Å². The number of rotatable bonds is 15. The molecule has 38 heavy (non-hydrogen) atoms. The molecule has 0 aliphatic heterocycles. The summed E-state index contributed by atoms with van der Waals surface area (Å²) in [5.74, 6) is 0.885. The van der Waals surface area contributed by atoms with Gasteiger partial charge in [-0.25, -0.2) is 9.13 Å². The summed E-state index contributed by atoms with van der Waals surface area (Å²) >= 11 is 0. The van der Waals surface area contributed by atoms with Crippen LogP contribution in [-0.2, 0) is 24.1 Å². The molecule has 1 N–H and O–H groups in total. The largest absolute Gasteiger partial charge is 0.379 e. The van der Waals surface area contributed by atoms with Crippen molar-refractivity contribution in [1.29, 1.82) is 0 Å². The van der Waals surface area contributed by atoms with Gasteiger partial charge in [0.15, 0.2) is 17.8 Å². The predicted molar refractivity (Wildman–Crippen MR) is 156 cm³/mol. The highest BCUT2D eigenvalue weighted by atomic mass is 16.5. The summed E-state index contributed by atoms with van der Waals surface area (Å²) in [6, 6.07) is 28.7. The van der Waals surface area contributed by atoms with Gasteiger partial charge >= 0.3 is 0 Å². The van der Waals surface area contributed by atoms with E-state index in [0.717, 1.165) is 47.4 Å². The van der Waals surface area contributed by atoms with Crippen LogP contribution in [0.15, 0.2) is 84.9 Å². The van der Waals surface area contributed by atoms with Crippen molar-refractivity contribution in [2.45, 2.75) is 83.5 Å². The zero-order valence-corrected chi connectivity index (χ0v) is 23.5. The van der Waals surface area contributed by atoms with E-state index in [2.05, 4.69) is 54.3 Å².